The molecule has 176 valence electrons. The zero-order chi connectivity index (χ0) is 24.1. The fourth-order valence-corrected chi connectivity index (χ4v) is 4.02. The maximum absolute atomic E-state index is 12.8. The number of anilines is 1. The molecule has 0 radical (unpaired) electrons. The summed E-state index contributed by atoms with van der Waals surface area (Å²) >= 11 is 1.26. The number of hydrogen-bond donors (Lipinski definition) is 1. The minimum absolute atomic E-state index is 0.00306. The first-order chi connectivity index (χ1) is 16.4. The third-order valence-electron chi connectivity index (χ3n) is 4.87. The van der Waals surface area contributed by atoms with Gasteiger partial charge in [0.05, 0.1) is 28.5 Å². The number of carbonyl (C=O) groups excluding carboxylic acids is 2. The molecule has 1 N–H and O–H groups in total. The van der Waals surface area contributed by atoms with Crippen molar-refractivity contribution in [2.45, 2.75) is 18.4 Å². The van der Waals surface area contributed by atoms with E-state index in [0.717, 1.165) is 0 Å². The summed E-state index contributed by atoms with van der Waals surface area (Å²) in [4.78, 5) is 40.1. The summed E-state index contributed by atoms with van der Waals surface area (Å²) in [6.45, 7) is -0.0971. The molecule has 0 spiro atoms. The van der Waals surface area contributed by atoms with E-state index in [9.17, 15) is 19.7 Å². The molecule has 0 saturated heterocycles. The Morgan fingerprint density at radius 3 is 2.91 bits per heavy atom. The third kappa shape index (κ3) is 5.35. The number of benzene rings is 2. The Balaban J connectivity index is 1.44. The maximum Gasteiger partial charge on any atom is 0.340 e. The summed E-state index contributed by atoms with van der Waals surface area (Å²) in [6.07, 6.45) is 3.42. The van der Waals surface area contributed by atoms with Gasteiger partial charge in [-0.3, -0.25) is 14.9 Å². The number of nitrogens with one attached hydrogen (secondary N) is 1. The van der Waals surface area contributed by atoms with Gasteiger partial charge in [0.25, 0.3) is 5.69 Å². The van der Waals surface area contributed by atoms with Crippen molar-refractivity contribution in [3.63, 3.8) is 0 Å². The molecule has 1 amide bonds. The Kier molecular flexibility index (Phi) is 7.09. The predicted molar refractivity (Wildman–Crippen MR) is 122 cm³/mol. The Bertz CT molecular complexity index is 1240. The number of thioether (sulfide) groups is 1. The smallest absolute Gasteiger partial charge is 0.340 e. The van der Waals surface area contributed by atoms with Gasteiger partial charge in [0.15, 0.2) is 11.9 Å². The van der Waals surface area contributed by atoms with Crippen LogP contribution in [0.2, 0.25) is 0 Å². The minimum atomic E-state index is -0.694. The first kappa shape index (κ1) is 23.3. The molecule has 0 bridgehead atoms. The number of para-hydroxylation sites is 1. The van der Waals surface area contributed by atoms with E-state index < -0.39 is 10.9 Å². The number of aryl methyl sites for hydroxylation is 1. The molecule has 12 heteroatoms. The Labute approximate surface area is 198 Å². The molecule has 0 atom stereocenters. The number of non-ortho nitro benzene ring substituents is 1. The molecule has 2 heterocycles. The van der Waals surface area contributed by atoms with E-state index in [2.05, 4.69) is 10.3 Å². The lowest BCUT2D eigenvalue weighted by Crippen LogP contribution is -2.18. The molecule has 3 aromatic rings. The number of rotatable bonds is 8. The van der Waals surface area contributed by atoms with Gasteiger partial charge in [-0.05, 0) is 12.1 Å². The van der Waals surface area contributed by atoms with E-state index in [1.165, 1.54) is 30.0 Å². The number of carbonyl (C=O) groups is 2. The van der Waals surface area contributed by atoms with Crippen molar-refractivity contribution >= 4 is 35.0 Å². The van der Waals surface area contributed by atoms with Crippen LogP contribution in [0.5, 0.6) is 5.75 Å². The number of imidazole rings is 1. The molecule has 0 unspecified atom stereocenters. The second-order valence-corrected chi connectivity index (χ2v) is 8.18. The number of nitrogens with zero attached hydrogens (tertiary/aromatic N) is 3. The average Bonchev–Trinajstić information content (AvgIpc) is 3.25. The summed E-state index contributed by atoms with van der Waals surface area (Å²) < 4.78 is 17.9. The monoisotopic (exact) mass is 484 g/mol. The minimum Gasteiger partial charge on any atom is -0.467 e. The van der Waals surface area contributed by atoms with E-state index in [0.29, 0.717) is 27.7 Å². The second-order valence-electron chi connectivity index (χ2n) is 7.24. The quantitative estimate of drug-likeness (QED) is 0.221. The van der Waals surface area contributed by atoms with Crippen LogP contribution in [0.4, 0.5) is 11.4 Å². The topological polar surface area (TPSA) is 135 Å². The van der Waals surface area contributed by atoms with Crippen LogP contribution in [0.15, 0.2) is 53.9 Å². The highest BCUT2D eigenvalue weighted by atomic mass is 32.2. The Morgan fingerprint density at radius 2 is 2.15 bits per heavy atom. The van der Waals surface area contributed by atoms with Crippen molar-refractivity contribution in [1.82, 2.24) is 9.55 Å². The van der Waals surface area contributed by atoms with Gasteiger partial charge in [-0.25, -0.2) is 9.78 Å². The number of nitro groups is 1. The number of aromatic nitrogens is 2. The molecule has 1 aliphatic heterocycles. The second kappa shape index (κ2) is 10.4. The Morgan fingerprint density at radius 1 is 1.32 bits per heavy atom. The molecule has 0 aliphatic carbocycles. The SMILES string of the molecule is Cn1ccnc1SCC(=O)Nc1ccccc1C(=O)OCc1cc([N+](=O)[O-])cc2c1OCOC2. The molecule has 1 aromatic heterocycles. The maximum atomic E-state index is 12.8. The van der Waals surface area contributed by atoms with Crippen molar-refractivity contribution < 1.29 is 28.7 Å². The fourth-order valence-electron chi connectivity index (χ4n) is 3.29. The standard InChI is InChI=1S/C22H20N4O7S/c1-25-7-6-23-22(25)34-12-19(27)24-18-5-3-2-4-17(18)21(28)32-11-15-9-16(26(29)30)8-14-10-31-13-33-20(14)15/h2-9H,10-13H2,1H3,(H,24,27). The summed E-state index contributed by atoms with van der Waals surface area (Å²) in [7, 11) is 1.83. The van der Waals surface area contributed by atoms with Gasteiger partial charge < -0.3 is 24.1 Å². The van der Waals surface area contributed by atoms with Gasteiger partial charge in [0.2, 0.25) is 5.91 Å². The van der Waals surface area contributed by atoms with Crippen molar-refractivity contribution in [1.29, 1.82) is 0 Å². The van der Waals surface area contributed by atoms with Crippen LogP contribution in [-0.4, -0.2) is 38.9 Å². The molecular formula is C22H20N4O7S. The first-order valence-corrected chi connectivity index (χ1v) is 11.1. The van der Waals surface area contributed by atoms with Crippen LogP contribution in [0.3, 0.4) is 0 Å². The lowest BCUT2D eigenvalue weighted by molar-refractivity contribution is -0.385. The summed E-state index contributed by atoms with van der Waals surface area (Å²) in [5.41, 5.74) is 1.15. The van der Waals surface area contributed by atoms with Gasteiger partial charge >= 0.3 is 5.97 Å². The number of esters is 1. The normalized spacial score (nSPS) is 12.4. The van der Waals surface area contributed by atoms with E-state index in [1.54, 1.807) is 35.2 Å². The van der Waals surface area contributed by atoms with Crippen molar-refractivity contribution in [3.8, 4) is 5.75 Å². The van der Waals surface area contributed by atoms with Gasteiger partial charge in [0.1, 0.15) is 12.4 Å². The van der Waals surface area contributed by atoms with Crippen molar-refractivity contribution in [3.05, 3.63) is 75.6 Å². The number of hydrogen-bond acceptors (Lipinski definition) is 9. The predicted octanol–water partition coefficient (Wildman–Crippen LogP) is 3.28. The van der Waals surface area contributed by atoms with E-state index in [4.69, 9.17) is 14.2 Å². The summed E-state index contributed by atoms with van der Waals surface area (Å²) in [5, 5.41) is 14.7. The Hall–Kier alpha value is -3.90. The average molecular weight is 484 g/mol. The van der Waals surface area contributed by atoms with Crippen molar-refractivity contribution in [2.75, 3.05) is 17.9 Å². The van der Waals surface area contributed by atoms with Crippen LogP contribution in [-0.2, 0) is 34.5 Å². The molecule has 4 rings (SSSR count). The van der Waals surface area contributed by atoms with Crippen LogP contribution in [0.25, 0.3) is 0 Å². The number of ether oxygens (including phenoxy) is 3. The lowest BCUT2D eigenvalue weighted by atomic mass is 10.1. The van der Waals surface area contributed by atoms with E-state index in [1.807, 2.05) is 7.05 Å². The van der Waals surface area contributed by atoms with Crippen LogP contribution in [0, 0.1) is 10.1 Å². The van der Waals surface area contributed by atoms with Crippen LogP contribution in [0.1, 0.15) is 21.5 Å². The zero-order valence-corrected chi connectivity index (χ0v) is 18.9. The molecule has 2 aromatic carbocycles. The molecule has 11 nitrogen and oxygen atoms in total. The van der Waals surface area contributed by atoms with Gasteiger partial charge in [-0.15, -0.1) is 0 Å². The molecule has 0 fully saturated rings. The molecular weight excluding hydrogens is 464 g/mol. The largest absolute Gasteiger partial charge is 0.467 e. The highest BCUT2D eigenvalue weighted by Gasteiger charge is 2.23. The van der Waals surface area contributed by atoms with Gasteiger partial charge in [-0.1, -0.05) is 23.9 Å². The van der Waals surface area contributed by atoms with Gasteiger partial charge in [0, 0.05) is 42.7 Å². The lowest BCUT2D eigenvalue weighted by Gasteiger charge is -2.20. The van der Waals surface area contributed by atoms with Crippen molar-refractivity contribution in [2.24, 2.45) is 7.05 Å². The highest BCUT2D eigenvalue weighted by Crippen LogP contribution is 2.33. The highest BCUT2D eigenvalue weighted by molar-refractivity contribution is 7.99. The van der Waals surface area contributed by atoms with Crippen LogP contribution < -0.4 is 10.1 Å². The van der Waals surface area contributed by atoms with Gasteiger partial charge in [-0.2, -0.15) is 0 Å². The third-order valence-corrected chi connectivity index (χ3v) is 5.93. The zero-order valence-electron chi connectivity index (χ0n) is 18.1. The number of fused-ring (bicyclic) bond motifs is 1. The summed E-state index contributed by atoms with van der Waals surface area (Å²) in [6, 6.07) is 9.12. The number of nitro benzene ring substituents is 1. The first-order valence-electron chi connectivity index (χ1n) is 10.1. The van der Waals surface area contributed by atoms with E-state index >= 15 is 0 Å². The fraction of sp³-hybridized carbons (Fsp3) is 0.227. The van der Waals surface area contributed by atoms with E-state index in [-0.39, 0.29) is 42.9 Å². The summed E-state index contributed by atoms with van der Waals surface area (Å²) in [5.74, 6) is -0.500. The molecule has 1 aliphatic rings. The number of amides is 1. The molecule has 0 saturated carbocycles. The van der Waals surface area contributed by atoms with Crippen LogP contribution >= 0.6 is 11.8 Å². The molecule has 34 heavy (non-hydrogen) atoms.